The van der Waals surface area contributed by atoms with Crippen LogP contribution in [0.15, 0.2) is 48.5 Å². The van der Waals surface area contributed by atoms with Gasteiger partial charge in [0.25, 0.3) is 0 Å². The molecule has 6 nitrogen and oxygen atoms in total. The molecule has 130 valence electrons. The molecule has 4 rings (SSSR count). The standard InChI is InChI=1S/C18H14N4O2S2/c1-10(15(23)21-17-19-11-6-2-4-8-13(11)25-17)16(24)22-18-20-12-7-3-5-9-14(12)26-18/h2-10H,1H3,(H,19,21,23)(H,20,22,24). The quantitative estimate of drug-likeness (QED) is 0.520. The number of amides is 2. The molecule has 2 heterocycles. The van der Waals surface area contributed by atoms with E-state index in [0.717, 1.165) is 20.4 Å². The largest absolute Gasteiger partial charge is 0.301 e. The summed E-state index contributed by atoms with van der Waals surface area (Å²) in [7, 11) is 0. The second-order valence-electron chi connectivity index (χ2n) is 5.67. The summed E-state index contributed by atoms with van der Waals surface area (Å²) in [5.41, 5.74) is 1.64. The van der Waals surface area contributed by atoms with Crippen LogP contribution in [0.25, 0.3) is 20.4 Å². The number of carbonyl (C=O) groups is 2. The van der Waals surface area contributed by atoms with Crippen LogP contribution in [0.3, 0.4) is 0 Å². The Balaban J connectivity index is 1.44. The molecule has 2 amide bonds. The van der Waals surface area contributed by atoms with Crippen molar-refractivity contribution in [3.8, 4) is 0 Å². The summed E-state index contributed by atoms with van der Waals surface area (Å²) in [6.07, 6.45) is 0. The number of benzene rings is 2. The average molecular weight is 382 g/mol. The number of carbonyl (C=O) groups excluding carboxylic acids is 2. The number of hydrogen-bond donors (Lipinski definition) is 2. The first-order valence-corrected chi connectivity index (χ1v) is 9.56. The Hall–Kier alpha value is -2.84. The Labute approximate surface area is 156 Å². The second kappa shape index (κ2) is 6.81. The lowest BCUT2D eigenvalue weighted by Crippen LogP contribution is -2.31. The summed E-state index contributed by atoms with van der Waals surface area (Å²) in [5, 5.41) is 6.39. The Bertz CT molecular complexity index is 964. The van der Waals surface area contributed by atoms with Gasteiger partial charge in [-0.2, -0.15) is 0 Å². The minimum atomic E-state index is -0.867. The normalized spacial score (nSPS) is 11.2. The van der Waals surface area contributed by atoms with Crippen LogP contribution in [0.5, 0.6) is 0 Å². The molecule has 0 aliphatic carbocycles. The van der Waals surface area contributed by atoms with Gasteiger partial charge in [0.05, 0.1) is 20.4 Å². The number of aromatic nitrogens is 2. The topological polar surface area (TPSA) is 84.0 Å². The number of hydrogen-bond acceptors (Lipinski definition) is 6. The molecule has 0 saturated carbocycles. The van der Waals surface area contributed by atoms with Crippen LogP contribution in [0, 0.1) is 5.92 Å². The van der Waals surface area contributed by atoms with E-state index in [4.69, 9.17) is 0 Å². The number of thiazole rings is 2. The summed E-state index contributed by atoms with van der Waals surface area (Å²) in [6, 6.07) is 15.2. The van der Waals surface area contributed by atoms with Gasteiger partial charge in [0.2, 0.25) is 11.8 Å². The number of nitrogens with zero attached hydrogens (tertiary/aromatic N) is 2. The van der Waals surface area contributed by atoms with E-state index in [9.17, 15) is 9.59 Å². The molecule has 0 atom stereocenters. The van der Waals surface area contributed by atoms with Crippen molar-refractivity contribution in [2.24, 2.45) is 5.92 Å². The van der Waals surface area contributed by atoms with Gasteiger partial charge < -0.3 is 10.6 Å². The number of para-hydroxylation sites is 2. The third-order valence-electron chi connectivity index (χ3n) is 3.83. The molecule has 2 N–H and O–H groups in total. The number of nitrogens with one attached hydrogen (secondary N) is 2. The number of rotatable bonds is 4. The molecule has 0 spiro atoms. The van der Waals surface area contributed by atoms with Gasteiger partial charge in [-0.1, -0.05) is 46.9 Å². The van der Waals surface area contributed by atoms with Crippen LogP contribution in [0.1, 0.15) is 6.92 Å². The van der Waals surface area contributed by atoms with Gasteiger partial charge in [-0.05, 0) is 31.2 Å². The van der Waals surface area contributed by atoms with E-state index >= 15 is 0 Å². The zero-order chi connectivity index (χ0) is 18.1. The molecule has 26 heavy (non-hydrogen) atoms. The average Bonchev–Trinajstić information content (AvgIpc) is 3.23. The molecular formula is C18H14N4O2S2. The molecule has 4 aromatic rings. The minimum absolute atomic E-state index is 0.400. The van der Waals surface area contributed by atoms with Crippen LogP contribution in [-0.2, 0) is 9.59 Å². The van der Waals surface area contributed by atoms with Crippen molar-refractivity contribution in [1.29, 1.82) is 0 Å². The fourth-order valence-electron chi connectivity index (χ4n) is 2.40. The van der Waals surface area contributed by atoms with E-state index in [-0.39, 0.29) is 0 Å². The molecule has 0 bridgehead atoms. The first kappa shape index (κ1) is 16.6. The second-order valence-corrected chi connectivity index (χ2v) is 7.73. The highest BCUT2D eigenvalue weighted by atomic mass is 32.1. The molecule has 2 aromatic carbocycles. The monoisotopic (exact) mass is 382 g/mol. The lowest BCUT2D eigenvalue weighted by molar-refractivity contribution is -0.128. The van der Waals surface area contributed by atoms with Crippen molar-refractivity contribution in [2.75, 3.05) is 10.6 Å². The Morgan fingerprint density at radius 1 is 0.808 bits per heavy atom. The highest BCUT2D eigenvalue weighted by Gasteiger charge is 2.23. The van der Waals surface area contributed by atoms with Crippen LogP contribution >= 0.6 is 22.7 Å². The van der Waals surface area contributed by atoms with E-state index in [1.807, 2.05) is 48.5 Å². The Morgan fingerprint density at radius 2 is 1.23 bits per heavy atom. The summed E-state index contributed by atoms with van der Waals surface area (Å²) < 4.78 is 1.96. The maximum absolute atomic E-state index is 12.4. The van der Waals surface area contributed by atoms with E-state index in [2.05, 4.69) is 20.6 Å². The van der Waals surface area contributed by atoms with Crippen molar-refractivity contribution in [1.82, 2.24) is 9.97 Å². The van der Waals surface area contributed by atoms with E-state index < -0.39 is 17.7 Å². The summed E-state index contributed by atoms with van der Waals surface area (Å²) in [4.78, 5) is 33.4. The maximum Gasteiger partial charge on any atom is 0.238 e. The van der Waals surface area contributed by atoms with Gasteiger partial charge in [-0.3, -0.25) is 9.59 Å². The van der Waals surface area contributed by atoms with Crippen molar-refractivity contribution in [3.05, 3.63) is 48.5 Å². The van der Waals surface area contributed by atoms with Crippen molar-refractivity contribution in [2.45, 2.75) is 6.92 Å². The van der Waals surface area contributed by atoms with Crippen molar-refractivity contribution in [3.63, 3.8) is 0 Å². The van der Waals surface area contributed by atoms with E-state index in [1.54, 1.807) is 6.92 Å². The van der Waals surface area contributed by atoms with Crippen molar-refractivity contribution >= 4 is 65.2 Å². The molecule has 8 heteroatoms. The zero-order valence-electron chi connectivity index (χ0n) is 13.7. The third-order valence-corrected chi connectivity index (χ3v) is 5.74. The first-order valence-electron chi connectivity index (χ1n) is 7.93. The van der Waals surface area contributed by atoms with E-state index in [0.29, 0.717) is 10.3 Å². The predicted molar refractivity (Wildman–Crippen MR) is 106 cm³/mol. The molecule has 0 unspecified atom stereocenters. The number of anilines is 2. The van der Waals surface area contributed by atoms with Gasteiger partial charge in [-0.25, -0.2) is 9.97 Å². The zero-order valence-corrected chi connectivity index (χ0v) is 15.4. The van der Waals surface area contributed by atoms with Gasteiger partial charge in [0, 0.05) is 0 Å². The van der Waals surface area contributed by atoms with Gasteiger partial charge in [0.1, 0.15) is 5.92 Å². The van der Waals surface area contributed by atoms with E-state index in [1.165, 1.54) is 22.7 Å². The highest BCUT2D eigenvalue weighted by Crippen LogP contribution is 2.27. The van der Waals surface area contributed by atoms with Crippen LogP contribution < -0.4 is 10.6 Å². The highest BCUT2D eigenvalue weighted by molar-refractivity contribution is 7.22. The Morgan fingerprint density at radius 3 is 1.65 bits per heavy atom. The first-order chi connectivity index (χ1) is 12.6. The fraction of sp³-hybridized carbons (Fsp3) is 0.111. The summed E-state index contributed by atoms with van der Waals surface area (Å²) in [5.74, 6) is -1.67. The molecule has 0 aliphatic heterocycles. The lowest BCUT2D eigenvalue weighted by Gasteiger charge is -2.09. The van der Waals surface area contributed by atoms with Gasteiger partial charge >= 0.3 is 0 Å². The predicted octanol–water partition coefficient (Wildman–Crippen LogP) is 4.12. The Kier molecular flexibility index (Phi) is 4.36. The minimum Gasteiger partial charge on any atom is -0.301 e. The molecule has 2 aromatic heterocycles. The lowest BCUT2D eigenvalue weighted by atomic mass is 10.1. The van der Waals surface area contributed by atoms with Gasteiger partial charge in [0.15, 0.2) is 10.3 Å². The molecule has 0 radical (unpaired) electrons. The van der Waals surface area contributed by atoms with Crippen LogP contribution in [-0.4, -0.2) is 21.8 Å². The maximum atomic E-state index is 12.4. The van der Waals surface area contributed by atoms with Crippen LogP contribution in [0.2, 0.25) is 0 Å². The molecule has 0 saturated heterocycles. The molecular weight excluding hydrogens is 368 g/mol. The van der Waals surface area contributed by atoms with Gasteiger partial charge in [-0.15, -0.1) is 0 Å². The van der Waals surface area contributed by atoms with Crippen LogP contribution in [0.4, 0.5) is 10.3 Å². The summed E-state index contributed by atoms with van der Waals surface area (Å²) in [6.45, 7) is 1.56. The number of fused-ring (bicyclic) bond motifs is 2. The molecule has 0 aliphatic rings. The molecule has 0 fully saturated rings. The third kappa shape index (κ3) is 3.29. The summed E-state index contributed by atoms with van der Waals surface area (Å²) >= 11 is 2.75. The fourth-order valence-corrected chi connectivity index (χ4v) is 4.14. The SMILES string of the molecule is CC(C(=O)Nc1nc2ccccc2s1)C(=O)Nc1nc2ccccc2s1. The smallest absolute Gasteiger partial charge is 0.238 e. The van der Waals surface area contributed by atoms with Crippen molar-refractivity contribution < 1.29 is 9.59 Å².